The molecule has 0 radical (unpaired) electrons. The maximum absolute atomic E-state index is 12.7. The van der Waals surface area contributed by atoms with Crippen molar-refractivity contribution in [2.24, 2.45) is 11.8 Å². The van der Waals surface area contributed by atoms with E-state index in [0.29, 0.717) is 24.6 Å². The van der Waals surface area contributed by atoms with Crippen molar-refractivity contribution >= 4 is 11.9 Å². The molecule has 7 heteroatoms. The van der Waals surface area contributed by atoms with Crippen LogP contribution in [0.15, 0.2) is 34.9 Å². The van der Waals surface area contributed by atoms with Crippen molar-refractivity contribution in [1.29, 1.82) is 0 Å². The summed E-state index contributed by atoms with van der Waals surface area (Å²) in [6.45, 7) is 2.39. The molecule has 5 atom stereocenters. The van der Waals surface area contributed by atoms with E-state index in [4.69, 9.17) is 9.15 Å². The lowest BCUT2D eigenvalue weighted by Crippen LogP contribution is -2.28. The van der Waals surface area contributed by atoms with Crippen molar-refractivity contribution in [3.63, 3.8) is 0 Å². The van der Waals surface area contributed by atoms with Gasteiger partial charge in [0.1, 0.15) is 6.26 Å². The number of nitrogens with zero attached hydrogens (tertiary/aromatic N) is 1. The third kappa shape index (κ3) is 5.92. The largest absolute Gasteiger partial charge is 0.481 e. The van der Waals surface area contributed by atoms with Crippen LogP contribution in [0.25, 0.3) is 0 Å². The number of unbranched alkanes of at least 4 members (excludes halogenated alkanes) is 1. The smallest absolute Gasteiger partial charge is 0.310 e. The number of oxazole rings is 1. The maximum atomic E-state index is 12.7. The summed E-state index contributed by atoms with van der Waals surface area (Å²) in [4.78, 5) is 29.0. The Morgan fingerprint density at radius 1 is 1.08 bits per heavy atom. The van der Waals surface area contributed by atoms with Crippen molar-refractivity contribution in [2.45, 2.75) is 102 Å². The van der Waals surface area contributed by atoms with Gasteiger partial charge in [0.25, 0.3) is 5.91 Å². The van der Waals surface area contributed by atoms with Gasteiger partial charge in [-0.3, -0.25) is 9.59 Å². The number of amides is 1. The second-order valence-corrected chi connectivity index (χ2v) is 11.3. The van der Waals surface area contributed by atoms with E-state index in [1.807, 2.05) is 24.3 Å². The van der Waals surface area contributed by atoms with Gasteiger partial charge in [-0.1, -0.05) is 69.2 Å². The SMILES string of the molecule is CC(C(=O)O)c1ccccc1CC1C2CCC(O2)C1c1nc(C(=O)NCCCCC2CCCCC2)co1. The normalized spacial score (nSPS) is 26.3. The second-order valence-electron chi connectivity index (χ2n) is 11.3. The Hall–Kier alpha value is -2.67. The second kappa shape index (κ2) is 11.8. The Kier molecular flexibility index (Phi) is 8.28. The zero-order valence-corrected chi connectivity index (χ0v) is 21.9. The van der Waals surface area contributed by atoms with E-state index in [-0.39, 0.29) is 30.0 Å². The zero-order valence-electron chi connectivity index (χ0n) is 21.9. The first-order valence-corrected chi connectivity index (χ1v) is 14.2. The maximum Gasteiger partial charge on any atom is 0.310 e. The minimum absolute atomic E-state index is 0.0217. The molecule has 1 aliphatic carbocycles. The van der Waals surface area contributed by atoms with Crippen LogP contribution in [0.2, 0.25) is 0 Å². The predicted octanol–water partition coefficient (Wildman–Crippen LogP) is 5.85. The van der Waals surface area contributed by atoms with Crippen LogP contribution >= 0.6 is 0 Å². The number of carbonyl (C=O) groups is 2. The van der Waals surface area contributed by atoms with Crippen LogP contribution in [0.4, 0.5) is 0 Å². The summed E-state index contributed by atoms with van der Waals surface area (Å²) in [6, 6.07) is 7.77. The lowest BCUT2D eigenvalue weighted by atomic mass is 9.75. The first-order chi connectivity index (χ1) is 18.0. The summed E-state index contributed by atoms with van der Waals surface area (Å²) < 4.78 is 12.1. The van der Waals surface area contributed by atoms with Crippen molar-refractivity contribution in [2.75, 3.05) is 6.54 Å². The van der Waals surface area contributed by atoms with E-state index < -0.39 is 11.9 Å². The summed E-state index contributed by atoms with van der Waals surface area (Å²) >= 11 is 0. The lowest BCUT2D eigenvalue weighted by Gasteiger charge is -2.27. The van der Waals surface area contributed by atoms with Crippen LogP contribution in [-0.4, -0.2) is 40.7 Å². The first-order valence-electron chi connectivity index (χ1n) is 14.2. The molecule has 5 unspecified atom stereocenters. The molecule has 37 heavy (non-hydrogen) atoms. The Balaban J connectivity index is 1.19. The van der Waals surface area contributed by atoms with Crippen LogP contribution in [0.5, 0.6) is 0 Å². The van der Waals surface area contributed by atoms with E-state index in [2.05, 4.69) is 10.3 Å². The number of carbonyl (C=O) groups excluding carboxylic acids is 1. The summed E-state index contributed by atoms with van der Waals surface area (Å²) in [7, 11) is 0. The number of nitrogens with one attached hydrogen (secondary N) is 1. The number of hydrogen-bond acceptors (Lipinski definition) is 5. The van der Waals surface area contributed by atoms with Gasteiger partial charge in [0.15, 0.2) is 5.69 Å². The highest BCUT2D eigenvalue weighted by molar-refractivity contribution is 5.91. The molecule has 3 aliphatic rings. The average molecular weight is 509 g/mol. The standard InChI is InChI=1S/C30H40N2O5/c1-19(30(34)35)22-13-6-5-12-21(22)17-23-25-14-15-26(37-25)27(23)29-32-24(18-36-29)28(33)31-16-8-7-11-20-9-3-2-4-10-20/h5-6,12-13,18-20,23,25-27H,2-4,7-11,14-17H2,1H3,(H,31,33)(H,34,35). The van der Waals surface area contributed by atoms with E-state index in [1.165, 1.54) is 44.8 Å². The fraction of sp³-hybridized carbons (Fsp3) is 0.633. The molecule has 1 aromatic heterocycles. The number of rotatable bonds is 11. The highest BCUT2D eigenvalue weighted by Gasteiger charge is 2.51. The Morgan fingerprint density at radius 3 is 2.68 bits per heavy atom. The number of benzene rings is 1. The Morgan fingerprint density at radius 2 is 1.86 bits per heavy atom. The molecule has 5 rings (SSSR count). The van der Waals surface area contributed by atoms with Gasteiger partial charge in [0.05, 0.1) is 24.0 Å². The topological polar surface area (TPSA) is 102 Å². The molecular weight excluding hydrogens is 468 g/mol. The van der Waals surface area contributed by atoms with Gasteiger partial charge in [-0.2, -0.15) is 0 Å². The minimum atomic E-state index is -0.828. The van der Waals surface area contributed by atoms with Crippen LogP contribution in [0.3, 0.4) is 0 Å². The highest BCUT2D eigenvalue weighted by atomic mass is 16.5. The van der Waals surface area contributed by atoms with Gasteiger partial charge in [-0.25, -0.2) is 4.98 Å². The molecule has 2 bridgehead atoms. The molecule has 3 heterocycles. The van der Waals surface area contributed by atoms with Crippen molar-refractivity contribution in [1.82, 2.24) is 10.3 Å². The molecule has 1 saturated carbocycles. The highest BCUT2D eigenvalue weighted by Crippen LogP contribution is 2.50. The molecule has 2 N–H and O–H groups in total. The van der Waals surface area contributed by atoms with Gasteiger partial charge in [0.2, 0.25) is 5.89 Å². The number of aliphatic carboxylic acids is 1. The summed E-state index contributed by atoms with van der Waals surface area (Å²) in [5.41, 5.74) is 2.19. The van der Waals surface area contributed by atoms with E-state index >= 15 is 0 Å². The molecule has 2 saturated heterocycles. The zero-order chi connectivity index (χ0) is 25.8. The van der Waals surface area contributed by atoms with Crippen LogP contribution in [0, 0.1) is 11.8 Å². The molecule has 200 valence electrons. The van der Waals surface area contributed by atoms with Gasteiger partial charge in [0, 0.05) is 12.5 Å². The molecule has 2 aliphatic heterocycles. The Bertz CT molecular complexity index is 1080. The van der Waals surface area contributed by atoms with Crippen LogP contribution in [-0.2, 0) is 16.0 Å². The minimum Gasteiger partial charge on any atom is -0.481 e. The molecule has 1 amide bonds. The third-order valence-electron chi connectivity index (χ3n) is 8.86. The monoisotopic (exact) mass is 508 g/mol. The fourth-order valence-electron chi connectivity index (χ4n) is 6.78. The first kappa shape index (κ1) is 26.0. The molecule has 7 nitrogen and oxygen atoms in total. The quantitative estimate of drug-likeness (QED) is 0.369. The number of carboxylic acid groups (broad SMARTS) is 1. The van der Waals surface area contributed by atoms with Gasteiger partial charge >= 0.3 is 5.97 Å². The number of fused-ring (bicyclic) bond motifs is 2. The summed E-state index contributed by atoms with van der Waals surface area (Å²) in [6.07, 6.45) is 14.5. The fourth-order valence-corrected chi connectivity index (χ4v) is 6.78. The van der Waals surface area contributed by atoms with Crippen LogP contribution < -0.4 is 5.32 Å². The molecule has 3 fully saturated rings. The predicted molar refractivity (Wildman–Crippen MR) is 140 cm³/mol. The van der Waals surface area contributed by atoms with Gasteiger partial charge < -0.3 is 19.6 Å². The summed E-state index contributed by atoms with van der Waals surface area (Å²) in [5, 5.41) is 12.6. The third-order valence-corrected chi connectivity index (χ3v) is 8.86. The summed E-state index contributed by atoms with van der Waals surface area (Å²) in [5.74, 6) is -0.0604. The number of aromatic nitrogens is 1. The lowest BCUT2D eigenvalue weighted by molar-refractivity contribution is -0.138. The number of hydrogen-bond donors (Lipinski definition) is 2. The number of carboxylic acids is 1. The molecule has 1 aromatic carbocycles. The van der Waals surface area contributed by atoms with E-state index in [1.54, 1.807) is 6.92 Å². The van der Waals surface area contributed by atoms with Crippen molar-refractivity contribution in [3.8, 4) is 0 Å². The van der Waals surface area contributed by atoms with Gasteiger partial charge in [-0.05, 0) is 49.7 Å². The molecule has 2 aromatic rings. The Labute approximate surface area is 219 Å². The molecule has 0 spiro atoms. The van der Waals surface area contributed by atoms with Crippen LogP contribution in [0.1, 0.15) is 110 Å². The number of ether oxygens (including phenoxy) is 1. The van der Waals surface area contributed by atoms with E-state index in [9.17, 15) is 14.7 Å². The van der Waals surface area contributed by atoms with E-state index in [0.717, 1.165) is 42.7 Å². The average Bonchev–Trinajstić information content (AvgIpc) is 3.66. The van der Waals surface area contributed by atoms with Crippen molar-refractivity contribution < 1.29 is 23.8 Å². The van der Waals surface area contributed by atoms with Gasteiger partial charge in [-0.15, -0.1) is 0 Å². The molecular formula is C30H40N2O5. The van der Waals surface area contributed by atoms with Crippen molar-refractivity contribution in [3.05, 3.63) is 53.2 Å².